The third-order valence-corrected chi connectivity index (χ3v) is 6.17. The second kappa shape index (κ2) is 6.06. The Bertz CT molecular complexity index is 369. The van der Waals surface area contributed by atoms with Gasteiger partial charge in [-0.3, -0.25) is 4.79 Å². The monoisotopic (exact) mass is 281 g/mol. The quantitative estimate of drug-likeness (QED) is 0.744. The second-order valence-electron chi connectivity index (χ2n) is 3.89. The molecule has 1 fully saturated rings. The van der Waals surface area contributed by atoms with Gasteiger partial charge in [-0.1, -0.05) is 6.92 Å². The first-order chi connectivity index (χ1) is 7.94. The lowest BCUT2D eigenvalue weighted by Crippen LogP contribution is -2.53. The van der Waals surface area contributed by atoms with Gasteiger partial charge in [0.05, 0.1) is 0 Å². The maximum atomic E-state index is 12.0. The summed E-state index contributed by atoms with van der Waals surface area (Å²) in [5, 5.41) is -0.698. The molecule has 0 bridgehead atoms. The number of nitrogens with zero attached hydrogens (tertiary/aromatic N) is 1. The van der Waals surface area contributed by atoms with E-state index in [1.165, 1.54) is 12.0 Å². The van der Waals surface area contributed by atoms with Crippen molar-refractivity contribution in [2.45, 2.75) is 25.3 Å². The molecule has 0 N–H and O–H groups in total. The Morgan fingerprint density at radius 3 is 2.76 bits per heavy atom. The maximum absolute atomic E-state index is 12.0. The molecule has 0 aromatic carbocycles. The van der Waals surface area contributed by atoms with Gasteiger partial charge in [0.25, 0.3) is 5.91 Å². The molecule has 0 spiro atoms. The van der Waals surface area contributed by atoms with Gasteiger partial charge in [-0.25, -0.2) is 8.42 Å². The molecule has 2 unspecified atom stereocenters. The van der Waals surface area contributed by atoms with Crippen LogP contribution in [0.3, 0.4) is 0 Å². The van der Waals surface area contributed by atoms with E-state index < -0.39 is 21.3 Å². The fourth-order valence-corrected chi connectivity index (χ4v) is 4.63. The number of thioether (sulfide) groups is 1. The number of rotatable bonds is 4. The van der Waals surface area contributed by atoms with Gasteiger partial charge in [0.2, 0.25) is 0 Å². The highest BCUT2D eigenvalue weighted by atomic mass is 32.2. The third-order valence-electron chi connectivity index (χ3n) is 2.89. The Balaban J connectivity index is 2.91. The molecular formula is C10H19NO4S2. The molecule has 1 aliphatic heterocycles. The zero-order valence-corrected chi connectivity index (χ0v) is 12.0. The topological polar surface area (TPSA) is 63.7 Å². The van der Waals surface area contributed by atoms with Crippen LogP contribution in [0.1, 0.15) is 13.8 Å². The molecule has 0 aromatic heterocycles. The van der Waals surface area contributed by atoms with Crippen LogP contribution < -0.4 is 0 Å². The molecule has 1 aliphatic rings. The summed E-state index contributed by atoms with van der Waals surface area (Å²) >= 11 is 1.57. The summed E-state index contributed by atoms with van der Waals surface area (Å²) in [5.41, 5.74) is 0. The first-order valence-corrected chi connectivity index (χ1v) is 8.43. The third kappa shape index (κ3) is 3.35. The fourth-order valence-electron chi connectivity index (χ4n) is 1.66. The number of carbonyl (C=O) groups excluding carboxylic acids is 1. The molecule has 0 aromatic rings. The standard InChI is InChI=1S/C10H19NO4S2/c1-4-17(13,14)9-7-16-6-5-11(9)10(12)8(2)15-3/h8-9H,4-7H2,1-3H3. The first-order valence-electron chi connectivity index (χ1n) is 5.56. The van der Waals surface area contributed by atoms with E-state index in [-0.39, 0.29) is 11.7 Å². The molecule has 0 saturated carbocycles. The molecule has 2 atom stereocenters. The van der Waals surface area contributed by atoms with Gasteiger partial charge in [0, 0.05) is 30.9 Å². The molecule has 7 heteroatoms. The van der Waals surface area contributed by atoms with Crippen molar-refractivity contribution in [3.05, 3.63) is 0 Å². The summed E-state index contributed by atoms with van der Waals surface area (Å²) in [7, 11) is -1.78. The minimum atomic E-state index is -3.23. The van der Waals surface area contributed by atoms with Gasteiger partial charge in [-0.05, 0) is 6.92 Å². The second-order valence-corrected chi connectivity index (χ2v) is 7.49. The number of hydrogen-bond acceptors (Lipinski definition) is 5. The van der Waals surface area contributed by atoms with Gasteiger partial charge < -0.3 is 9.64 Å². The van der Waals surface area contributed by atoms with Gasteiger partial charge in [0.1, 0.15) is 11.5 Å². The molecule has 1 amide bonds. The SMILES string of the molecule is CCS(=O)(=O)C1CSCCN1C(=O)C(C)OC. The van der Waals surface area contributed by atoms with Crippen LogP contribution in [-0.2, 0) is 19.4 Å². The fraction of sp³-hybridized carbons (Fsp3) is 0.900. The lowest BCUT2D eigenvalue weighted by Gasteiger charge is -2.35. The van der Waals surface area contributed by atoms with Crippen LogP contribution in [0.4, 0.5) is 0 Å². The smallest absolute Gasteiger partial charge is 0.252 e. The Kier molecular flexibility index (Phi) is 5.27. The van der Waals surface area contributed by atoms with Gasteiger partial charge in [-0.15, -0.1) is 0 Å². The van der Waals surface area contributed by atoms with Crippen LogP contribution in [0.25, 0.3) is 0 Å². The number of ether oxygens (including phenoxy) is 1. The minimum Gasteiger partial charge on any atom is -0.372 e. The number of amides is 1. The highest BCUT2D eigenvalue weighted by Crippen LogP contribution is 2.22. The van der Waals surface area contributed by atoms with Crippen molar-refractivity contribution in [2.24, 2.45) is 0 Å². The van der Waals surface area contributed by atoms with Crippen LogP contribution in [0.5, 0.6) is 0 Å². The van der Waals surface area contributed by atoms with E-state index >= 15 is 0 Å². The highest BCUT2D eigenvalue weighted by Gasteiger charge is 2.37. The maximum Gasteiger partial charge on any atom is 0.252 e. The summed E-state index contributed by atoms with van der Waals surface area (Å²) < 4.78 is 28.8. The van der Waals surface area contributed by atoms with Crippen molar-refractivity contribution in [3.63, 3.8) is 0 Å². The van der Waals surface area contributed by atoms with E-state index in [0.29, 0.717) is 12.3 Å². The Morgan fingerprint density at radius 1 is 1.59 bits per heavy atom. The van der Waals surface area contributed by atoms with Crippen molar-refractivity contribution < 1.29 is 17.9 Å². The molecular weight excluding hydrogens is 262 g/mol. The number of sulfone groups is 1. The number of methoxy groups -OCH3 is 1. The summed E-state index contributed by atoms with van der Waals surface area (Å²) in [4.78, 5) is 13.5. The number of carbonyl (C=O) groups is 1. The predicted molar refractivity (Wildman–Crippen MR) is 68.8 cm³/mol. The zero-order valence-electron chi connectivity index (χ0n) is 10.4. The average Bonchev–Trinajstić information content (AvgIpc) is 2.36. The first kappa shape index (κ1) is 14.8. The Hall–Kier alpha value is -0.270. The van der Waals surface area contributed by atoms with Crippen LogP contribution in [0.15, 0.2) is 0 Å². The van der Waals surface area contributed by atoms with Crippen LogP contribution in [0, 0.1) is 0 Å². The highest BCUT2D eigenvalue weighted by molar-refractivity contribution is 8.01. The molecule has 1 rings (SSSR count). The molecule has 0 radical (unpaired) electrons. The Labute approximate surface area is 107 Å². The summed E-state index contributed by atoms with van der Waals surface area (Å²) in [6.45, 7) is 3.72. The van der Waals surface area contributed by atoms with Crippen molar-refractivity contribution in [2.75, 3.05) is 30.9 Å². The lowest BCUT2D eigenvalue weighted by molar-refractivity contribution is -0.141. The van der Waals surface area contributed by atoms with Crippen molar-refractivity contribution in [1.29, 1.82) is 0 Å². The van der Waals surface area contributed by atoms with E-state index in [4.69, 9.17) is 4.74 Å². The number of hydrogen-bond donors (Lipinski definition) is 0. The van der Waals surface area contributed by atoms with E-state index in [2.05, 4.69) is 0 Å². The van der Waals surface area contributed by atoms with E-state index in [0.717, 1.165) is 5.75 Å². The van der Waals surface area contributed by atoms with Gasteiger partial charge in [0.15, 0.2) is 9.84 Å². The van der Waals surface area contributed by atoms with Gasteiger partial charge >= 0.3 is 0 Å². The minimum absolute atomic E-state index is 0.0589. The normalized spacial score (nSPS) is 23.5. The van der Waals surface area contributed by atoms with E-state index in [9.17, 15) is 13.2 Å². The summed E-state index contributed by atoms with van der Waals surface area (Å²) in [6.07, 6.45) is -0.590. The Morgan fingerprint density at radius 2 is 2.24 bits per heavy atom. The van der Waals surface area contributed by atoms with Crippen molar-refractivity contribution >= 4 is 27.5 Å². The molecule has 100 valence electrons. The predicted octanol–water partition coefficient (Wildman–Crippen LogP) is 0.357. The summed E-state index contributed by atoms with van der Waals surface area (Å²) in [5.74, 6) is 1.05. The lowest BCUT2D eigenvalue weighted by atomic mass is 10.3. The average molecular weight is 281 g/mol. The largest absolute Gasteiger partial charge is 0.372 e. The summed E-state index contributed by atoms with van der Waals surface area (Å²) in [6, 6.07) is 0. The van der Waals surface area contributed by atoms with Gasteiger partial charge in [-0.2, -0.15) is 11.8 Å². The molecule has 1 heterocycles. The molecule has 1 saturated heterocycles. The molecule has 0 aliphatic carbocycles. The van der Waals surface area contributed by atoms with E-state index in [1.807, 2.05) is 0 Å². The zero-order chi connectivity index (χ0) is 13.1. The molecule has 5 nitrogen and oxygen atoms in total. The van der Waals surface area contributed by atoms with Crippen LogP contribution >= 0.6 is 11.8 Å². The molecule has 17 heavy (non-hydrogen) atoms. The van der Waals surface area contributed by atoms with Crippen molar-refractivity contribution in [3.8, 4) is 0 Å². The van der Waals surface area contributed by atoms with Crippen LogP contribution in [0.2, 0.25) is 0 Å². The van der Waals surface area contributed by atoms with E-state index in [1.54, 1.807) is 25.6 Å². The van der Waals surface area contributed by atoms with Crippen LogP contribution in [-0.4, -0.2) is 61.6 Å². The van der Waals surface area contributed by atoms with Crippen molar-refractivity contribution in [1.82, 2.24) is 4.90 Å².